The van der Waals surface area contributed by atoms with Crippen molar-refractivity contribution in [2.45, 2.75) is 24.9 Å². The van der Waals surface area contributed by atoms with Crippen molar-refractivity contribution in [1.29, 1.82) is 0 Å². The molecule has 2 atom stereocenters. The van der Waals surface area contributed by atoms with Crippen LogP contribution in [0.15, 0.2) is 27.9 Å². The molecule has 3 heterocycles. The Morgan fingerprint density at radius 2 is 2.30 bits per heavy atom. The Morgan fingerprint density at radius 3 is 3.05 bits per heavy atom. The van der Waals surface area contributed by atoms with E-state index in [0.29, 0.717) is 18.0 Å². The second-order valence-corrected chi connectivity index (χ2v) is 5.21. The fourth-order valence-electron chi connectivity index (χ4n) is 2.26. The molecule has 0 spiro atoms. The predicted octanol–water partition coefficient (Wildman–Crippen LogP) is 3.79. The van der Waals surface area contributed by atoms with Crippen molar-refractivity contribution in [3.05, 3.63) is 34.8 Å². The first-order valence-electron chi connectivity index (χ1n) is 6.13. The van der Waals surface area contributed by atoms with E-state index in [1.807, 2.05) is 0 Å². The lowest BCUT2D eigenvalue weighted by atomic mass is 10.0. The molecule has 0 radical (unpaired) electrons. The molecule has 0 aliphatic carbocycles. The van der Waals surface area contributed by atoms with Crippen molar-refractivity contribution in [3.63, 3.8) is 0 Å². The molecule has 1 aliphatic heterocycles. The zero-order valence-electron chi connectivity index (χ0n) is 10.5. The van der Waals surface area contributed by atoms with E-state index >= 15 is 0 Å². The SMILES string of the molecule is C=C[C@@H]1OCC[C@H]1c1noc(-c2cscc2C(F)F)n1. The third-order valence-corrected chi connectivity index (χ3v) is 4.06. The molecule has 106 valence electrons. The Labute approximate surface area is 118 Å². The summed E-state index contributed by atoms with van der Waals surface area (Å²) in [7, 11) is 0. The van der Waals surface area contributed by atoms with Crippen LogP contribution in [0.25, 0.3) is 11.5 Å². The molecule has 7 heteroatoms. The largest absolute Gasteiger partial charge is 0.373 e. The number of hydrogen-bond donors (Lipinski definition) is 0. The van der Waals surface area contributed by atoms with Gasteiger partial charge in [0.2, 0.25) is 0 Å². The molecule has 0 N–H and O–H groups in total. The van der Waals surface area contributed by atoms with E-state index in [-0.39, 0.29) is 23.5 Å². The molecule has 1 aliphatic rings. The van der Waals surface area contributed by atoms with Crippen molar-refractivity contribution in [3.8, 4) is 11.5 Å². The lowest BCUT2D eigenvalue weighted by Gasteiger charge is -2.09. The second-order valence-electron chi connectivity index (χ2n) is 4.47. The van der Waals surface area contributed by atoms with Gasteiger partial charge in [-0.2, -0.15) is 16.3 Å². The van der Waals surface area contributed by atoms with Crippen LogP contribution in [-0.4, -0.2) is 22.9 Å². The highest BCUT2D eigenvalue weighted by Gasteiger charge is 2.32. The van der Waals surface area contributed by atoms with Crippen molar-refractivity contribution in [2.24, 2.45) is 0 Å². The van der Waals surface area contributed by atoms with E-state index in [0.717, 1.165) is 6.42 Å². The van der Waals surface area contributed by atoms with Crippen LogP contribution in [0.3, 0.4) is 0 Å². The molecular formula is C13H12F2N2O2S. The van der Waals surface area contributed by atoms with Crippen LogP contribution in [0.4, 0.5) is 8.78 Å². The highest BCUT2D eigenvalue weighted by atomic mass is 32.1. The molecule has 1 saturated heterocycles. The van der Waals surface area contributed by atoms with Crippen LogP contribution in [0, 0.1) is 0 Å². The minimum absolute atomic E-state index is 0.0290. The van der Waals surface area contributed by atoms with Gasteiger partial charge in [-0.3, -0.25) is 0 Å². The van der Waals surface area contributed by atoms with E-state index in [1.54, 1.807) is 11.5 Å². The summed E-state index contributed by atoms with van der Waals surface area (Å²) < 4.78 is 36.3. The number of hydrogen-bond acceptors (Lipinski definition) is 5. The van der Waals surface area contributed by atoms with Gasteiger partial charge < -0.3 is 9.26 Å². The highest BCUT2D eigenvalue weighted by Crippen LogP contribution is 2.35. The Hall–Kier alpha value is -1.60. The van der Waals surface area contributed by atoms with Crippen LogP contribution in [-0.2, 0) is 4.74 Å². The number of halogens is 2. The Kier molecular flexibility index (Phi) is 3.62. The quantitative estimate of drug-likeness (QED) is 0.806. The second kappa shape index (κ2) is 5.41. The number of nitrogens with zero attached hydrogens (tertiary/aromatic N) is 2. The Bertz CT molecular complexity index is 611. The van der Waals surface area contributed by atoms with E-state index in [2.05, 4.69) is 16.7 Å². The molecule has 2 aromatic heterocycles. The smallest absolute Gasteiger partial charge is 0.265 e. The molecule has 0 saturated carbocycles. The van der Waals surface area contributed by atoms with Crippen molar-refractivity contribution >= 4 is 11.3 Å². The predicted molar refractivity (Wildman–Crippen MR) is 69.9 cm³/mol. The minimum Gasteiger partial charge on any atom is -0.373 e. The van der Waals surface area contributed by atoms with Gasteiger partial charge in [-0.05, 0) is 6.42 Å². The van der Waals surface area contributed by atoms with Gasteiger partial charge in [0.1, 0.15) is 0 Å². The van der Waals surface area contributed by atoms with Gasteiger partial charge in [-0.25, -0.2) is 8.78 Å². The van der Waals surface area contributed by atoms with Gasteiger partial charge in [0.05, 0.1) is 17.6 Å². The van der Waals surface area contributed by atoms with Gasteiger partial charge in [-0.15, -0.1) is 6.58 Å². The summed E-state index contributed by atoms with van der Waals surface area (Å²) in [5.41, 5.74) is 0.228. The van der Waals surface area contributed by atoms with Crippen molar-refractivity contribution < 1.29 is 18.0 Å². The van der Waals surface area contributed by atoms with E-state index < -0.39 is 6.43 Å². The Balaban J connectivity index is 1.90. The lowest BCUT2D eigenvalue weighted by molar-refractivity contribution is 0.138. The van der Waals surface area contributed by atoms with Gasteiger partial charge in [0, 0.05) is 22.9 Å². The molecule has 4 nitrogen and oxygen atoms in total. The van der Waals surface area contributed by atoms with Gasteiger partial charge >= 0.3 is 0 Å². The number of thiophene rings is 1. The molecule has 0 unspecified atom stereocenters. The molecular weight excluding hydrogens is 286 g/mol. The average Bonchev–Trinajstić information content (AvgIpc) is 3.16. The number of rotatable bonds is 4. The van der Waals surface area contributed by atoms with Crippen LogP contribution in [0.5, 0.6) is 0 Å². The first-order valence-corrected chi connectivity index (χ1v) is 7.07. The van der Waals surface area contributed by atoms with Crippen molar-refractivity contribution in [1.82, 2.24) is 10.1 Å². The third kappa shape index (κ3) is 2.27. The maximum Gasteiger partial charge on any atom is 0.265 e. The summed E-state index contributed by atoms with van der Waals surface area (Å²) in [6.45, 7) is 4.31. The first kappa shape index (κ1) is 13.4. The van der Waals surface area contributed by atoms with Crippen molar-refractivity contribution in [2.75, 3.05) is 6.61 Å². The summed E-state index contributed by atoms with van der Waals surface area (Å²) in [6, 6.07) is 0. The van der Waals surface area contributed by atoms with Crippen LogP contribution < -0.4 is 0 Å². The molecule has 0 bridgehead atoms. The summed E-state index contributed by atoms with van der Waals surface area (Å²) in [4.78, 5) is 4.24. The highest BCUT2D eigenvalue weighted by molar-refractivity contribution is 7.08. The summed E-state index contributed by atoms with van der Waals surface area (Å²) in [6.07, 6.45) is -0.246. The monoisotopic (exact) mass is 298 g/mol. The zero-order chi connectivity index (χ0) is 14.1. The van der Waals surface area contributed by atoms with Gasteiger partial charge in [0.15, 0.2) is 5.82 Å². The molecule has 20 heavy (non-hydrogen) atoms. The average molecular weight is 298 g/mol. The van der Waals surface area contributed by atoms with Gasteiger partial charge in [0.25, 0.3) is 12.3 Å². The van der Waals surface area contributed by atoms with Crippen LogP contribution >= 0.6 is 11.3 Å². The summed E-state index contributed by atoms with van der Waals surface area (Å²) in [5.74, 6) is 0.582. The topological polar surface area (TPSA) is 48.2 Å². The summed E-state index contributed by atoms with van der Waals surface area (Å²) in [5, 5.41) is 6.89. The van der Waals surface area contributed by atoms with Gasteiger partial charge in [-0.1, -0.05) is 11.2 Å². The van der Waals surface area contributed by atoms with E-state index in [9.17, 15) is 8.78 Å². The minimum atomic E-state index is -2.55. The maximum atomic E-state index is 12.9. The lowest BCUT2D eigenvalue weighted by Crippen LogP contribution is -2.12. The summed E-state index contributed by atoms with van der Waals surface area (Å²) >= 11 is 1.19. The zero-order valence-corrected chi connectivity index (χ0v) is 11.3. The number of aromatic nitrogens is 2. The maximum absolute atomic E-state index is 12.9. The van der Waals surface area contributed by atoms with E-state index in [1.165, 1.54) is 16.7 Å². The molecule has 2 aromatic rings. The molecule has 3 rings (SSSR count). The Morgan fingerprint density at radius 1 is 1.45 bits per heavy atom. The molecule has 0 amide bonds. The van der Waals surface area contributed by atoms with E-state index in [4.69, 9.17) is 9.26 Å². The first-order chi connectivity index (χ1) is 9.70. The number of ether oxygens (including phenoxy) is 1. The standard InChI is InChI=1S/C13H12F2N2O2S/c1-2-10-7(3-4-18-10)12-16-13(19-17-12)9-6-20-5-8(9)11(14)15/h2,5-7,10-11H,1,3-4H2/t7-,10+/m1/s1. The fourth-order valence-corrected chi connectivity index (χ4v) is 3.08. The van der Waals surface area contributed by atoms with Crippen LogP contribution in [0.1, 0.15) is 30.2 Å². The fraction of sp³-hybridized carbons (Fsp3) is 0.385. The molecule has 0 aromatic carbocycles. The molecule has 1 fully saturated rings. The van der Waals surface area contributed by atoms with Crippen LogP contribution in [0.2, 0.25) is 0 Å². The number of alkyl halides is 2. The normalized spacial score (nSPS) is 22.6. The third-order valence-electron chi connectivity index (χ3n) is 3.30.